The predicted molar refractivity (Wildman–Crippen MR) is 110 cm³/mol. The van der Waals surface area contributed by atoms with Gasteiger partial charge in [0.1, 0.15) is 0 Å². The minimum absolute atomic E-state index is 0.0241. The maximum absolute atomic E-state index is 12.8. The summed E-state index contributed by atoms with van der Waals surface area (Å²) in [6.07, 6.45) is 2.72. The Morgan fingerprint density at radius 1 is 1.25 bits per heavy atom. The van der Waals surface area contributed by atoms with E-state index in [0.29, 0.717) is 18.4 Å². The molecule has 5 aliphatic carbocycles. The second-order valence-corrected chi connectivity index (χ2v) is 12.4. The second kappa shape index (κ2) is 5.32. The van der Waals surface area contributed by atoms with Gasteiger partial charge in [-0.3, -0.25) is 4.79 Å². The zero-order valence-corrected chi connectivity index (χ0v) is 17.4. The van der Waals surface area contributed by atoms with Gasteiger partial charge < -0.3 is 10.4 Å². The summed E-state index contributed by atoms with van der Waals surface area (Å²) in [7, 11) is 0. The molecule has 5 fully saturated rings. The Morgan fingerprint density at radius 2 is 2.04 bits per heavy atom. The van der Waals surface area contributed by atoms with Gasteiger partial charge in [0, 0.05) is 6.54 Å². The summed E-state index contributed by atoms with van der Waals surface area (Å²) >= 11 is 3.16. The molecule has 146 valence electrons. The van der Waals surface area contributed by atoms with Crippen LogP contribution in [0.1, 0.15) is 19.8 Å². The first-order valence-electron chi connectivity index (χ1n) is 10.6. The topological polar surface area (TPSA) is 62.2 Å². The van der Waals surface area contributed by atoms with Crippen LogP contribution in [0.5, 0.6) is 0 Å². The average molecular weight is 413 g/mol. The number of thiazole rings is 1. The summed E-state index contributed by atoms with van der Waals surface area (Å²) < 4.78 is 2.09. The number of hydrogen-bond acceptors (Lipinski definition) is 5. The molecule has 6 heteroatoms. The Labute approximate surface area is 172 Å². The number of carbonyl (C=O) groups excluding carboxylic acids is 1. The number of nitrogens with one attached hydrogen (secondary N) is 1. The first-order valence-corrected chi connectivity index (χ1v) is 12.3. The molecule has 10 atom stereocenters. The summed E-state index contributed by atoms with van der Waals surface area (Å²) in [5.41, 5.74) is 0.355. The molecule has 0 radical (unpaired) electrons. The number of thioether (sulfide) groups is 1. The van der Waals surface area contributed by atoms with Gasteiger partial charge in [-0.2, -0.15) is 0 Å². The standard InChI is InChI=1S/C22H24N2O2S2/c1-9(27-21-24-14-4-2-3-5-15(14)28-21)20(25)23-8-22(26)18-11-7-12-16-10(11)6-13(18)17(16)19(12)22/h2-5,9-13,16-19,26H,6-8H2,1H3,(H,23,25). The van der Waals surface area contributed by atoms with Crippen LogP contribution in [0.2, 0.25) is 0 Å². The van der Waals surface area contributed by atoms with Gasteiger partial charge in [0.15, 0.2) is 4.34 Å². The lowest BCUT2D eigenvalue weighted by atomic mass is 9.56. The van der Waals surface area contributed by atoms with E-state index in [9.17, 15) is 9.90 Å². The molecule has 2 aromatic rings. The van der Waals surface area contributed by atoms with E-state index >= 15 is 0 Å². The van der Waals surface area contributed by atoms with E-state index in [0.717, 1.165) is 50.1 Å². The van der Waals surface area contributed by atoms with Crippen molar-refractivity contribution in [2.24, 2.45) is 47.3 Å². The fourth-order valence-electron chi connectivity index (χ4n) is 8.44. The monoisotopic (exact) mass is 412 g/mol. The molecular formula is C22H24N2O2S2. The van der Waals surface area contributed by atoms with E-state index in [4.69, 9.17) is 0 Å². The molecule has 1 amide bonds. The lowest BCUT2D eigenvalue weighted by Gasteiger charge is -2.51. The van der Waals surface area contributed by atoms with Crippen LogP contribution < -0.4 is 5.32 Å². The van der Waals surface area contributed by atoms with E-state index < -0.39 is 5.60 Å². The molecular weight excluding hydrogens is 388 g/mol. The fraction of sp³-hybridized carbons (Fsp3) is 0.636. The molecule has 1 heterocycles. The van der Waals surface area contributed by atoms with E-state index in [1.807, 2.05) is 25.1 Å². The summed E-state index contributed by atoms with van der Waals surface area (Å²) in [4.78, 5) is 17.4. The van der Waals surface area contributed by atoms with Crippen molar-refractivity contribution in [1.82, 2.24) is 10.3 Å². The zero-order chi connectivity index (χ0) is 18.8. The number of nitrogens with zero attached hydrogens (tertiary/aromatic N) is 1. The van der Waals surface area contributed by atoms with Crippen LogP contribution in [0.25, 0.3) is 10.2 Å². The van der Waals surface area contributed by atoms with Crippen LogP contribution in [-0.2, 0) is 4.79 Å². The number of aromatic nitrogens is 1. The Morgan fingerprint density at radius 3 is 2.89 bits per heavy atom. The van der Waals surface area contributed by atoms with Crippen molar-refractivity contribution in [1.29, 1.82) is 0 Å². The van der Waals surface area contributed by atoms with Crippen molar-refractivity contribution < 1.29 is 9.90 Å². The maximum Gasteiger partial charge on any atom is 0.233 e. The normalized spacial score (nSPS) is 47.1. The van der Waals surface area contributed by atoms with Gasteiger partial charge in [0.2, 0.25) is 5.91 Å². The largest absolute Gasteiger partial charge is 0.387 e. The van der Waals surface area contributed by atoms with Crippen molar-refractivity contribution in [3.8, 4) is 0 Å². The van der Waals surface area contributed by atoms with Crippen molar-refractivity contribution in [2.45, 2.75) is 35.0 Å². The highest BCUT2D eigenvalue weighted by atomic mass is 32.2. The number of hydrogen-bond donors (Lipinski definition) is 2. The SMILES string of the molecule is CC(Sc1nc2ccccc2s1)C(=O)NCC1(O)C2C3CC4C5C3CC2C5C41. The molecule has 5 aliphatic rings. The Balaban J connectivity index is 1.05. The van der Waals surface area contributed by atoms with Gasteiger partial charge in [-0.1, -0.05) is 23.9 Å². The minimum atomic E-state index is -0.638. The highest BCUT2D eigenvalue weighted by molar-refractivity contribution is 8.02. The van der Waals surface area contributed by atoms with Crippen molar-refractivity contribution in [3.63, 3.8) is 0 Å². The van der Waals surface area contributed by atoms with Crippen molar-refractivity contribution in [2.75, 3.05) is 6.54 Å². The molecule has 10 unspecified atom stereocenters. The molecule has 28 heavy (non-hydrogen) atoms. The van der Waals surface area contributed by atoms with Crippen LogP contribution in [0, 0.1) is 47.3 Å². The summed E-state index contributed by atoms with van der Waals surface area (Å²) in [5.74, 6) is 5.78. The third-order valence-corrected chi connectivity index (χ3v) is 11.2. The molecule has 5 saturated carbocycles. The van der Waals surface area contributed by atoms with Crippen molar-refractivity contribution >= 4 is 39.2 Å². The lowest BCUT2D eigenvalue weighted by Crippen LogP contribution is -2.59. The Kier molecular flexibility index (Phi) is 3.17. The van der Waals surface area contributed by atoms with Crippen LogP contribution in [0.4, 0.5) is 0 Å². The molecule has 0 spiro atoms. The third-order valence-electron chi connectivity index (χ3n) is 8.99. The Hall–Kier alpha value is -1.11. The molecule has 1 aromatic carbocycles. The first kappa shape index (κ1) is 16.7. The second-order valence-electron chi connectivity index (χ2n) is 9.75. The number of carbonyl (C=O) groups is 1. The van der Waals surface area contributed by atoms with E-state index in [1.54, 1.807) is 11.3 Å². The summed E-state index contributed by atoms with van der Waals surface area (Å²) in [5, 5.41) is 14.6. The maximum atomic E-state index is 12.8. The zero-order valence-electron chi connectivity index (χ0n) is 15.7. The highest BCUT2D eigenvalue weighted by Gasteiger charge is 2.84. The van der Waals surface area contributed by atoms with Gasteiger partial charge in [-0.15, -0.1) is 11.3 Å². The molecule has 7 rings (SSSR count). The van der Waals surface area contributed by atoms with Crippen LogP contribution in [0.3, 0.4) is 0 Å². The number of para-hydroxylation sites is 1. The fourth-order valence-corrected chi connectivity index (χ4v) is 10.7. The summed E-state index contributed by atoms with van der Waals surface area (Å²) in [6.45, 7) is 2.39. The quantitative estimate of drug-likeness (QED) is 0.739. The van der Waals surface area contributed by atoms with Crippen LogP contribution >= 0.6 is 23.1 Å². The van der Waals surface area contributed by atoms with Gasteiger partial charge >= 0.3 is 0 Å². The molecule has 2 bridgehead atoms. The highest BCUT2D eigenvalue weighted by Crippen LogP contribution is 2.85. The lowest BCUT2D eigenvalue weighted by molar-refractivity contribution is -0.137. The van der Waals surface area contributed by atoms with Gasteiger partial charge in [-0.25, -0.2) is 4.98 Å². The minimum Gasteiger partial charge on any atom is -0.387 e. The van der Waals surface area contributed by atoms with Crippen LogP contribution in [0.15, 0.2) is 28.6 Å². The number of benzene rings is 1. The summed E-state index contributed by atoms with van der Waals surface area (Å²) in [6, 6.07) is 8.09. The Bertz CT molecular complexity index is 968. The van der Waals surface area contributed by atoms with Gasteiger partial charge in [-0.05, 0) is 79.2 Å². The smallest absolute Gasteiger partial charge is 0.233 e. The average Bonchev–Trinajstić information content (AvgIpc) is 3.33. The van der Waals surface area contributed by atoms with E-state index in [2.05, 4.69) is 16.4 Å². The molecule has 0 aliphatic heterocycles. The number of aliphatic hydroxyl groups is 1. The molecule has 1 aromatic heterocycles. The van der Waals surface area contributed by atoms with E-state index in [1.165, 1.54) is 24.6 Å². The predicted octanol–water partition coefficient (Wildman–Crippen LogP) is 3.40. The number of fused-ring (bicyclic) bond motifs is 3. The van der Waals surface area contributed by atoms with Gasteiger partial charge in [0.05, 0.1) is 21.1 Å². The van der Waals surface area contributed by atoms with Gasteiger partial charge in [0.25, 0.3) is 0 Å². The number of amides is 1. The molecule has 4 nitrogen and oxygen atoms in total. The number of rotatable bonds is 5. The molecule has 0 saturated heterocycles. The first-order chi connectivity index (χ1) is 13.6. The van der Waals surface area contributed by atoms with Crippen LogP contribution in [-0.4, -0.2) is 33.4 Å². The molecule has 2 N–H and O–H groups in total. The van der Waals surface area contributed by atoms with E-state index in [-0.39, 0.29) is 11.2 Å². The van der Waals surface area contributed by atoms with Crippen molar-refractivity contribution in [3.05, 3.63) is 24.3 Å². The third kappa shape index (κ3) is 1.84.